The quantitative estimate of drug-likeness (QED) is 0.441. The molecule has 1 fully saturated rings. The molecule has 0 aromatic heterocycles. The topological polar surface area (TPSA) is 110 Å². The predicted molar refractivity (Wildman–Crippen MR) is 64.3 cm³/mol. The van der Waals surface area contributed by atoms with Crippen LogP contribution in [0.5, 0.6) is 0 Å². The van der Waals surface area contributed by atoms with E-state index in [0.29, 0.717) is 11.4 Å². The molecule has 2 N–H and O–H groups in total. The van der Waals surface area contributed by atoms with Crippen molar-refractivity contribution in [1.82, 2.24) is 9.80 Å². The summed E-state index contributed by atoms with van der Waals surface area (Å²) in [5, 5.41) is -1.03. The second-order valence-corrected chi connectivity index (χ2v) is 4.21. The second kappa shape index (κ2) is 6.37. The van der Waals surface area contributed by atoms with Crippen molar-refractivity contribution >= 4 is 34.9 Å². The summed E-state index contributed by atoms with van der Waals surface area (Å²) in [6.07, 6.45) is -0.786. The van der Waals surface area contributed by atoms with E-state index < -0.39 is 29.3 Å². The monoisotopic (exact) mass is 291 g/mol. The molecule has 0 bridgehead atoms. The number of hydrogen-bond acceptors (Lipinski definition) is 5. The molecule has 1 saturated heterocycles. The van der Waals surface area contributed by atoms with E-state index in [0.717, 1.165) is 0 Å². The van der Waals surface area contributed by atoms with Crippen LogP contribution in [0.25, 0.3) is 0 Å². The van der Waals surface area contributed by atoms with E-state index in [2.05, 4.69) is 4.74 Å². The van der Waals surface area contributed by atoms with Crippen LogP contribution in [0.3, 0.4) is 0 Å². The van der Waals surface area contributed by atoms with Crippen LogP contribution < -0.4 is 5.73 Å². The summed E-state index contributed by atoms with van der Waals surface area (Å²) in [5.74, 6) is -1.75. The Kier molecular flexibility index (Phi) is 5.11. The molecule has 0 aromatic rings. The maximum Gasteiger partial charge on any atom is 0.404 e. The molecular weight excluding hydrogens is 278 g/mol. The summed E-state index contributed by atoms with van der Waals surface area (Å²) in [5.41, 5.74) is 4.81. The molecule has 19 heavy (non-hydrogen) atoms. The molecule has 0 saturated carbocycles. The van der Waals surface area contributed by atoms with Crippen molar-refractivity contribution in [3.05, 3.63) is 0 Å². The molecule has 1 aliphatic heterocycles. The standard InChI is InChI=1S/C10H14ClN3O5/c1-2-13-5-6(3-4-19-10(12)18)14(9(11)17)8(16)7(13)15/h6H,2-5H2,1H3,(H2,12,18). The molecule has 1 atom stereocenters. The van der Waals surface area contributed by atoms with Gasteiger partial charge in [0.05, 0.1) is 12.6 Å². The van der Waals surface area contributed by atoms with Gasteiger partial charge in [0, 0.05) is 19.5 Å². The molecule has 0 aromatic carbocycles. The zero-order chi connectivity index (χ0) is 14.6. The minimum absolute atomic E-state index is 0.0697. The fourth-order valence-electron chi connectivity index (χ4n) is 1.84. The largest absolute Gasteiger partial charge is 0.450 e. The number of imide groups is 1. The van der Waals surface area contributed by atoms with Crippen molar-refractivity contribution in [1.29, 1.82) is 0 Å². The van der Waals surface area contributed by atoms with Crippen LogP contribution in [0, 0.1) is 0 Å². The zero-order valence-electron chi connectivity index (χ0n) is 10.3. The van der Waals surface area contributed by atoms with Gasteiger partial charge < -0.3 is 15.4 Å². The number of primary amides is 1. The van der Waals surface area contributed by atoms with Crippen molar-refractivity contribution in [2.24, 2.45) is 5.73 Å². The maximum atomic E-state index is 11.7. The molecule has 106 valence electrons. The molecular formula is C10H14ClN3O5. The lowest BCUT2D eigenvalue weighted by Crippen LogP contribution is -2.60. The molecule has 4 amide bonds. The van der Waals surface area contributed by atoms with E-state index in [9.17, 15) is 19.2 Å². The third kappa shape index (κ3) is 3.57. The number of nitrogens with two attached hydrogens (primary N) is 1. The van der Waals surface area contributed by atoms with Crippen LogP contribution in [0.2, 0.25) is 0 Å². The predicted octanol–water partition coefficient (Wildman–Crippen LogP) is -0.110. The van der Waals surface area contributed by atoms with Crippen LogP contribution >= 0.6 is 11.6 Å². The smallest absolute Gasteiger partial charge is 0.404 e. The number of amides is 4. The van der Waals surface area contributed by atoms with Gasteiger partial charge >= 0.3 is 23.3 Å². The van der Waals surface area contributed by atoms with Crippen molar-refractivity contribution in [3.8, 4) is 0 Å². The second-order valence-electron chi connectivity index (χ2n) is 3.88. The lowest BCUT2D eigenvalue weighted by atomic mass is 10.1. The normalized spacial score (nSPS) is 19.6. The Bertz CT molecular complexity index is 414. The molecule has 9 heteroatoms. The van der Waals surface area contributed by atoms with Gasteiger partial charge in [-0.2, -0.15) is 0 Å². The Morgan fingerprint density at radius 3 is 2.53 bits per heavy atom. The van der Waals surface area contributed by atoms with Gasteiger partial charge in [0.25, 0.3) is 0 Å². The van der Waals surface area contributed by atoms with Crippen LogP contribution in [-0.4, -0.2) is 58.8 Å². The maximum absolute atomic E-state index is 11.7. The Balaban J connectivity index is 2.78. The summed E-state index contributed by atoms with van der Waals surface area (Å²) in [6, 6.07) is -0.630. The van der Waals surface area contributed by atoms with Crippen molar-refractivity contribution in [2.45, 2.75) is 19.4 Å². The molecule has 1 heterocycles. The fourth-order valence-corrected chi connectivity index (χ4v) is 2.05. The summed E-state index contributed by atoms with van der Waals surface area (Å²) in [4.78, 5) is 47.0. The number of carbonyl (C=O) groups excluding carboxylic acids is 4. The number of nitrogens with zero attached hydrogens (tertiary/aromatic N) is 2. The first-order chi connectivity index (χ1) is 8.88. The fraction of sp³-hybridized carbons (Fsp3) is 0.600. The molecule has 0 radical (unpaired) electrons. The van der Waals surface area contributed by atoms with E-state index in [1.165, 1.54) is 4.90 Å². The highest BCUT2D eigenvalue weighted by Gasteiger charge is 2.41. The van der Waals surface area contributed by atoms with Gasteiger partial charge in [0.2, 0.25) is 0 Å². The van der Waals surface area contributed by atoms with Gasteiger partial charge in [0.1, 0.15) is 0 Å². The summed E-state index contributed by atoms with van der Waals surface area (Å²) < 4.78 is 4.55. The number of halogens is 1. The lowest BCUT2D eigenvalue weighted by molar-refractivity contribution is -0.155. The molecule has 1 aliphatic rings. The highest BCUT2D eigenvalue weighted by molar-refractivity contribution is 6.65. The zero-order valence-corrected chi connectivity index (χ0v) is 11.1. The number of likely N-dealkylation sites (N-methyl/N-ethyl adjacent to an activating group) is 1. The number of rotatable bonds is 4. The van der Waals surface area contributed by atoms with Gasteiger partial charge in [-0.25, -0.2) is 4.79 Å². The van der Waals surface area contributed by atoms with Crippen LogP contribution in [0.4, 0.5) is 9.59 Å². The SMILES string of the molecule is CCN1CC(CCOC(N)=O)N(C(=O)Cl)C(=O)C1=O. The van der Waals surface area contributed by atoms with E-state index >= 15 is 0 Å². The van der Waals surface area contributed by atoms with Gasteiger partial charge in [-0.3, -0.25) is 19.3 Å². The Hall–Kier alpha value is -1.83. The van der Waals surface area contributed by atoms with Crippen LogP contribution in [0.15, 0.2) is 0 Å². The lowest BCUT2D eigenvalue weighted by Gasteiger charge is -2.37. The first kappa shape index (κ1) is 15.2. The Morgan fingerprint density at radius 2 is 2.05 bits per heavy atom. The Morgan fingerprint density at radius 1 is 1.42 bits per heavy atom. The van der Waals surface area contributed by atoms with E-state index in [-0.39, 0.29) is 19.6 Å². The molecule has 0 spiro atoms. The average molecular weight is 292 g/mol. The van der Waals surface area contributed by atoms with Gasteiger partial charge in [-0.05, 0) is 18.5 Å². The summed E-state index contributed by atoms with van der Waals surface area (Å²) in [6.45, 7) is 2.13. The minimum atomic E-state index is -1.03. The molecule has 8 nitrogen and oxygen atoms in total. The van der Waals surface area contributed by atoms with Crippen molar-refractivity contribution < 1.29 is 23.9 Å². The number of carbonyl (C=O) groups is 4. The molecule has 0 aliphatic carbocycles. The van der Waals surface area contributed by atoms with Crippen molar-refractivity contribution in [2.75, 3.05) is 19.7 Å². The van der Waals surface area contributed by atoms with Crippen molar-refractivity contribution in [3.63, 3.8) is 0 Å². The molecule has 1 rings (SSSR count). The third-order valence-electron chi connectivity index (χ3n) is 2.75. The first-order valence-electron chi connectivity index (χ1n) is 5.62. The van der Waals surface area contributed by atoms with Gasteiger partial charge in [-0.15, -0.1) is 0 Å². The highest BCUT2D eigenvalue weighted by atomic mass is 35.5. The minimum Gasteiger partial charge on any atom is -0.450 e. The van der Waals surface area contributed by atoms with E-state index in [1.807, 2.05) is 0 Å². The van der Waals surface area contributed by atoms with E-state index in [4.69, 9.17) is 17.3 Å². The number of hydrogen-bond donors (Lipinski definition) is 1. The average Bonchev–Trinajstić information content (AvgIpc) is 2.32. The third-order valence-corrected chi connectivity index (χ3v) is 2.93. The van der Waals surface area contributed by atoms with Crippen LogP contribution in [0.1, 0.15) is 13.3 Å². The van der Waals surface area contributed by atoms with E-state index in [1.54, 1.807) is 6.92 Å². The first-order valence-corrected chi connectivity index (χ1v) is 6.00. The Labute approximate surface area is 114 Å². The van der Waals surface area contributed by atoms with Gasteiger partial charge in [-0.1, -0.05) is 0 Å². The van der Waals surface area contributed by atoms with Gasteiger partial charge in [0.15, 0.2) is 0 Å². The summed E-state index contributed by atoms with van der Waals surface area (Å²) in [7, 11) is 0. The summed E-state index contributed by atoms with van der Waals surface area (Å²) >= 11 is 5.31. The number of ether oxygens (including phenoxy) is 1. The van der Waals surface area contributed by atoms with Crippen LogP contribution in [-0.2, 0) is 14.3 Å². The highest BCUT2D eigenvalue weighted by Crippen LogP contribution is 2.17. The number of piperazine rings is 1. The molecule has 1 unspecified atom stereocenters.